The molecule has 0 aliphatic heterocycles. The largest absolute Gasteiger partial charge is 0.495 e. The van der Waals surface area contributed by atoms with Crippen molar-refractivity contribution in [1.29, 1.82) is 0 Å². The molecule has 7 heteroatoms. The third-order valence-electron chi connectivity index (χ3n) is 4.20. The number of hydrogen-bond donors (Lipinski definition) is 1. The second kappa shape index (κ2) is 7.11. The SMILES string of the molecule is COc1cnc2[nH]cc(Cc3ccc([CH]c4cncc(F)c4)nc3F)c2c1. The van der Waals surface area contributed by atoms with Gasteiger partial charge in [-0.25, -0.2) is 14.4 Å². The van der Waals surface area contributed by atoms with E-state index in [0.717, 1.165) is 17.1 Å². The summed E-state index contributed by atoms with van der Waals surface area (Å²) in [6.45, 7) is 0. The Morgan fingerprint density at radius 3 is 2.78 bits per heavy atom. The Balaban J connectivity index is 1.58. The van der Waals surface area contributed by atoms with Gasteiger partial charge in [0.15, 0.2) is 0 Å². The average molecular weight is 365 g/mol. The monoisotopic (exact) mass is 365 g/mol. The Morgan fingerprint density at radius 2 is 2.00 bits per heavy atom. The number of rotatable bonds is 5. The van der Waals surface area contributed by atoms with Crippen LogP contribution in [0.4, 0.5) is 8.78 Å². The molecule has 4 rings (SSSR count). The maximum atomic E-state index is 14.5. The maximum absolute atomic E-state index is 14.5. The van der Waals surface area contributed by atoms with Crippen LogP contribution < -0.4 is 4.74 Å². The van der Waals surface area contributed by atoms with Crippen molar-refractivity contribution in [2.24, 2.45) is 0 Å². The highest BCUT2D eigenvalue weighted by Gasteiger charge is 2.12. The molecule has 0 saturated carbocycles. The quantitative estimate of drug-likeness (QED) is 0.546. The van der Waals surface area contributed by atoms with Crippen molar-refractivity contribution in [3.05, 3.63) is 89.6 Å². The molecule has 0 spiro atoms. The van der Waals surface area contributed by atoms with Crippen LogP contribution in [0.1, 0.15) is 22.4 Å². The number of halogens is 2. The molecule has 27 heavy (non-hydrogen) atoms. The number of fused-ring (bicyclic) bond motifs is 1. The number of nitrogens with one attached hydrogen (secondary N) is 1. The lowest BCUT2D eigenvalue weighted by molar-refractivity contribution is 0.413. The number of aromatic amines is 1. The van der Waals surface area contributed by atoms with Gasteiger partial charge in [-0.3, -0.25) is 4.98 Å². The van der Waals surface area contributed by atoms with Gasteiger partial charge in [0.1, 0.15) is 17.2 Å². The van der Waals surface area contributed by atoms with Crippen LogP contribution in [0.3, 0.4) is 0 Å². The summed E-state index contributed by atoms with van der Waals surface area (Å²) in [5.74, 6) is -0.391. The van der Waals surface area contributed by atoms with Crippen LogP contribution in [0.25, 0.3) is 11.0 Å². The van der Waals surface area contributed by atoms with Gasteiger partial charge in [0.2, 0.25) is 5.95 Å². The number of hydrogen-bond acceptors (Lipinski definition) is 4. The number of H-pyrrole nitrogens is 1. The third kappa shape index (κ3) is 3.62. The summed E-state index contributed by atoms with van der Waals surface area (Å²) in [5.41, 5.74) is 2.97. The van der Waals surface area contributed by atoms with E-state index < -0.39 is 11.8 Å². The lowest BCUT2D eigenvalue weighted by Gasteiger charge is -2.06. The van der Waals surface area contributed by atoms with Crippen molar-refractivity contribution in [2.75, 3.05) is 7.11 Å². The fourth-order valence-electron chi connectivity index (χ4n) is 2.87. The molecule has 0 atom stereocenters. The van der Waals surface area contributed by atoms with E-state index in [1.54, 1.807) is 38.1 Å². The van der Waals surface area contributed by atoms with Crippen molar-refractivity contribution in [3.63, 3.8) is 0 Å². The molecule has 1 N–H and O–H groups in total. The van der Waals surface area contributed by atoms with E-state index in [2.05, 4.69) is 19.9 Å². The second-order valence-electron chi connectivity index (χ2n) is 6.03. The summed E-state index contributed by atoms with van der Waals surface area (Å²) in [5, 5.41) is 0.871. The van der Waals surface area contributed by atoms with E-state index in [0.29, 0.717) is 34.6 Å². The van der Waals surface area contributed by atoms with Crippen molar-refractivity contribution in [2.45, 2.75) is 6.42 Å². The third-order valence-corrected chi connectivity index (χ3v) is 4.20. The van der Waals surface area contributed by atoms with Gasteiger partial charge in [-0.2, -0.15) is 4.39 Å². The molecular formula is C20H15F2N4O. The molecule has 1 radical (unpaired) electrons. The minimum Gasteiger partial charge on any atom is -0.495 e. The zero-order chi connectivity index (χ0) is 18.8. The molecule has 0 aliphatic rings. The summed E-state index contributed by atoms with van der Waals surface area (Å²) in [6.07, 6.45) is 7.95. The fourth-order valence-corrected chi connectivity index (χ4v) is 2.87. The van der Waals surface area contributed by atoms with Gasteiger partial charge >= 0.3 is 0 Å². The molecule has 0 aliphatic carbocycles. The molecule has 0 bridgehead atoms. The Morgan fingerprint density at radius 1 is 1.11 bits per heavy atom. The Hall–Kier alpha value is -3.35. The Kier molecular flexibility index (Phi) is 4.50. The first-order valence-corrected chi connectivity index (χ1v) is 8.23. The van der Waals surface area contributed by atoms with Crippen LogP contribution in [-0.2, 0) is 6.42 Å². The van der Waals surface area contributed by atoms with Crippen LogP contribution in [0.15, 0.2) is 49.1 Å². The van der Waals surface area contributed by atoms with Crippen LogP contribution in [-0.4, -0.2) is 27.0 Å². The first-order chi connectivity index (χ1) is 13.1. The maximum Gasteiger partial charge on any atom is 0.216 e. The average Bonchev–Trinajstić information content (AvgIpc) is 3.06. The summed E-state index contributed by atoms with van der Waals surface area (Å²) in [7, 11) is 1.57. The van der Waals surface area contributed by atoms with E-state index in [1.807, 2.05) is 6.07 Å². The van der Waals surface area contributed by atoms with Gasteiger partial charge < -0.3 is 9.72 Å². The number of methoxy groups -OCH3 is 1. The van der Waals surface area contributed by atoms with Crippen molar-refractivity contribution in [1.82, 2.24) is 19.9 Å². The molecule has 4 aromatic heterocycles. The lowest BCUT2D eigenvalue weighted by atomic mass is 10.0. The minimum absolute atomic E-state index is 0.357. The zero-order valence-electron chi connectivity index (χ0n) is 14.4. The van der Waals surface area contributed by atoms with Gasteiger partial charge in [0.25, 0.3) is 0 Å². The summed E-state index contributed by atoms with van der Waals surface area (Å²) < 4.78 is 32.9. The van der Waals surface area contributed by atoms with E-state index in [9.17, 15) is 8.78 Å². The molecule has 135 valence electrons. The second-order valence-corrected chi connectivity index (χ2v) is 6.03. The van der Waals surface area contributed by atoms with Crippen molar-refractivity contribution in [3.8, 4) is 5.75 Å². The van der Waals surface area contributed by atoms with E-state index >= 15 is 0 Å². The molecule has 4 aromatic rings. The number of pyridine rings is 3. The van der Waals surface area contributed by atoms with Crippen LogP contribution >= 0.6 is 0 Å². The highest BCUT2D eigenvalue weighted by atomic mass is 19.1. The fraction of sp³-hybridized carbons (Fsp3) is 0.100. The highest BCUT2D eigenvalue weighted by molar-refractivity contribution is 5.81. The van der Waals surface area contributed by atoms with E-state index in [4.69, 9.17) is 4.74 Å². The van der Waals surface area contributed by atoms with Crippen molar-refractivity contribution >= 4 is 11.0 Å². The molecule has 0 amide bonds. The predicted molar refractivity (Wildman–Crippen MR) is 96.3 cm³/mol. The molecule has 5 nitrogen and oxygen atoms in total. The molecule has 0 fully saturated rings. The molecular weight excluding hydrogens is 350 g/mol. The standard InChI is InChI=1S/C20H15F2N4O/c1-27-17-7-18-14(9-24-20(18)25-11-17)6-13-2-3-16(26-19(13)22)5-12-4-15(21)10-23-8-12/h2-5,7-11H,6H2,1H3,(H,24,25). The smallest absolute Gasteiger partial charge is 0.216 e. The zero-order valence-corrected chi connectivity index (χ0v) is 14.4. The number of aromatic nitrogens is 4. The first-order valence-electron chi connectivity index (χ1n) is 8.23. The first kappa shape index (κ1) is 17.1. The lowest BCUT2D eigenvalue weighted by Crippen LogP contribution is -1.99. The van der Waals surface area contributed by atoms with Crippen molar-refractivity contribution < 1.29 is 13.5 Å². The molecule has 0 unspecified atom stereocenters. The normalized spacial score (nSPS) is 11.1. The topological polar surface area (TPSA) is 63.7 Å². The molecule has 4 heterocycles. The highest BCUT2D eigenvalue weighted by Crippen LogP contribution is 2.24. The van der Waals surface area contributed by atoms with Gasteiger partial charge in [-0.15, -0.1) is 0 Å². The number of ether oxygens (including phenoxy) is 1. The summed E-state index contributed by atoms with van der Waals surface area (Å²) >= 11 is 0. The number of nitrogens with zero attached hydrogens (tertiary/aromatic N) is 3. The van der Waals surface area contributed by atoms with Gasteiger partial charge in [-0.05, 0) is 29.3 Å². The Bertz CT molecular complexity index is 1110. The van der Waals surface area contributed by atoms with Gasteiger partial charge in [-0.1, -0.05) is 6.07 Å². The van der Waals surface area contributed by atoms with E-state index in [-0.39, 0.29) is 0 Å². The van der Waals surface area contributed by atoms with Crippen LogP contribution in [0, 0.1) is 18.2 Å². The van der Waals surface area contributed by atoms with E-state index in [1.165, 1.54) is 12.3 Å². The van der Waals surface area contributed by atoms with Crippen LogP contribution in [0.5, 0.6) is 5.75 Å². The van der Waals surface area contributed by atoms with Gasteiger partial charge in [0, 0.05) is 36.2 Å². The van der Waals surface area contributed by atoms with Crippen LogP contribution in [0.2, 0.25) is 0 Å². The summed E-state index contributed by atoms with van der Waals surface area (Å²) in [4.78, 5) is 15.1. The predicted octanol–water partition coefficient (Wildman–Crippen LogP) is 3.83. The minimum atomic E-state index is -0.571. The molecule has 0 aromatic carbocycles. The molecule has 0 saturated heterocycles. The van der Waals surface area contributed by atoms with Gasteiger partial charge in [0.05, 0.1) is 25.2 Å². The summed E-state index contributed by atoms with van der Waals surface area (Å²) in [6, 6.07) is 6.54. The Labute approximate surface area is 154 Å².